The minimum absolute atomic E-state index is 0.0199. The van der Waals surface area contributed by atoms with Crippen molar-refractivity contribution in [3.63, 3.8) is 0 Å². The van der Waals surface area contributed by atoms with Gasteiger partial charge in [-0.05, 0) is 51.1 Å². The van der Waals surface area contributed by atoms with Gasteiger partial charge in [-0.15, -0.1) is 0 Å². The van der Waals surface area contributed by atoms with Gasteiger partial charge < -0.3 is 14.3 Å². The molecule has 0 unspecified atom stereocenters. The van der Waals surface area contributed by atoms with Crippen LogP contribution in [0.5, 0.6) is 0 Å². The van der Waals surface area contributed by atoms with Crippen LogP contribution in [0.15, 0.2) is 39.3 Å². The molecule has 1 aromatic carbocycles. The summed E-state index contributed by atoms with van der Waals surface area (Å²) in [5.74, 6) is 0.258. The maximum Gasteiger partial charge on any atom is 0.259 e. The van der Waals surface area contributed by atoms with E-state index < -0.39 is 11.7 Å². The fourth-order valence-electron chi connectivity index (χ4n) is 3.08. The molecule has 142 valence electrons. The molecular weight excluding hydrogens is 385 g/mol. The van der Waals surface area contributed by atoms with E-state index >= 15 is 0 Å². The number of aryl methyl sites for hydroxylation is 3. The highest BCUT2D eigenvalue weighted by Gasteiger charge is 2.21. The van der Waals surface area contributed by atoms with E-state index in [1.165, 1.54) is 18.2 Å². The van der Waals surface area contributed by atoms with Crippen molar-refractivity contribution >= 4 is 34.3 Å². The third-order valence-electron chi connectivity index (χ3n) is 4.36. The smallest absolute Gasteiger partial charge is 0.259 e. The predicted octanol–water partition coefficient (Wildman–Crippen LogP) is 5.45. The molecule has 6 nitrogen and oxygen atoms in total. The summed E-state index contributed by atoms with van der Waals surface area (Å²) in [6, 6.07) is 7.38. The molecule has 8 heteroatoms. The first-order valence-corrected chi connectivity index (χ1v) is 8.82. The van der Waals surface area contributed by atoms with Crippen molar-refractivity contribution in [2.75, 3.05) is 5.32 Å². The minimum Gasteiger partial charge on any atom is -0.466 e. The molecule has 3 heterocycles. The van der Waals surface area contributed by atoms with Crippen molar-refractivity contribution in [2.24, 2.45) is 0 Å². The maximum atomic E-state index is 14.0. The summed E-state index contributed by atoms with van der Waals surface area (Å²) in [6.07, 6.45) is 0. The van der Waals surface area contributed by atoms with Crippen molar-refractivity contribution in [3.05, 3.63) is 63.9 Å². The highest BCUT2D eigenvalue weighted by atomic mass is 35.5. The quantitative estimate of drug-likeness (QED) is 0.495. The lowest BCUT2D eigenvalue weighted by atomic mass is 10.1. The third-order valence-corrected chi connectivity index (χ3v) is 4.59. The van der Waals surface area contributed by atoms with Crippen LogP contribution in [0.1, 0.15) is 27.6 Å². The molecule has 0 fully saturated rings. The summed E-state index contributed by atoms with van der Waals surface area (Å²) < 4.78 is 24.9. The average molecular weight is 400 g/mol. The van der Waals surface area contributed by atoms with Crippen molar-refractivity contribution in [3.8, 4) is 11.3 Å². The lowest BCUT2D eigenvalue weighted by Gasteiger charge is -2.09. The molecule has 4 aromatic rings. The number of pyridine rings is 1. The molecule has 0 atom stereocenters. The van der Waals surface area contributed by atoms with Gasteiger partial charge in [-0.1, -0.05) is 16.8 Å². The normalized spacial score (nSPS) is 11.2. The van der Waals surface area contributed by atoms with E-state index in [4.69, 9.17) is 20.5 Å². The van der Waals surface area contributed by atoms with Crippen LogP contribution in [-0.4, -0.2) is 16.0 Å². The molecule has 0 spiro atoms. The Labute approximate surface area is 164 Å². The molecule has 0 saturated carbocycles. The van der Waals surface area contributed by atoms with Gasteiger partial charge in [0.25, 0.3) is 11.6 Å². The molecule has 1 amide bonds. The van der Waals surface area contributed by atoms with Gasteiger partial charge in [0, 0.05) is 10.6 Å². The Bertz CT molecular complexity index is 1230. The second-order valence-corrected chi connectivity index (χ2v) is 6.84. The van der Waals surface area contributed by atoms with E-state index in [9.17, 15) is 9.18 Å². The second-order valence-electron chi connectivity index (χ2n) is 6.41. The monoisotopic (exact) mass is 399 g/mol. The topological polar surface area (TPSA) is 81.2 Å². The lowest BCUT2D eigenvalue weighted by Crippen LogP contribution is -2.14. The van der Waals surface area contributed by atoms with E-state index in [1.54, 1.807) is 19.9 Å². The Kier molecular flexibility index (Phi) is 4.39. The molecule has 28 heavy (non-hydrogen) atoms. The van der Waals surface area contributed by atoms with Gasteiger partial charge in [0.15, 0.2) is 0 Å². The summed E-state index contributed by atoms with van der Waals surface area (Å²) in [4.78, 5) is 17.4. The molecule has 0 bridgehead atoms. The Hall–Kier alpha value is -3.19. The number of furan rings is 1. The number of aromatic nitrogens is 2. The molecule has 0 aliphatic carbocycles. The number of carbonyl (C=O) groups excluding carboxylic acids is 1. The molecule has 0 saturated heterocycles. The van der Waals surface area contributed by atoms with Crippen LogP contribution in [0.4, 0.5) is 10.1 Å². The Morgan fingerprint density at radius 3 is 2.68 bits per heavy atom. The van der Waals surface area contributed by atoms with E-state index in [0.717, 1.165) is 11.3 Å². The summed E-state index contributed by atoms with van der Waals surface area (Å²) in [5, 5.41) is 7.23. The summed E-state index contributed by atoms with van der Waals surface area (Å²) >= 11 is 5.91. The van der Waals surface area contributed by atoms with Crippen LogP contribution >= 0.6 is 11.6 Å². The summed E-state index contributed by atoms with van der Waals surface area (Å²) in [7, 11) is 0. The number of amides is 1. The van der Waals surface area contributed by atoms with Gasteiger partial charge in [-0.3, -0.25) is 4.79 Å². The summed E-state index contributed by atoms with van der Waals surface area (Å²) in [5.41, 5.74) is 2.19. The lowest BCUT2D eigenvalue weighted by molar-refractivity contribution is 0.102. The number of halogens is 2. The number of rotatable bonds is 3. The minimum atomic E-state index is -0.591. The first-order valence-electron chi connectivity index (χ1n) is 8.44. The number of anilines is 1. The zero-order valence-electron chi connectivity index (χ0n) is 15.3. The van der Waals surface area contributed by atoms with Crippen LogP contribution in [0.3, 0.4) is 0 Å². The molecular formula is C20H15ClFN3O3. The standard InChI is InChI=1S/C20H15ClFN3O3/c1-9-6-13(11(3)27-9)16-8-14(18-10(2)25-28-20(18)24-16)19(26)23-17-7-12(21)4-5-15(17)22/h4-8H,1-3H3,(H,23,26). The highest BCUT2D eigenvalue weighted by molar-refractivity contribution is 6.31. The SMILES string of the molecule is Cc1cc(-c2cc(C(=O)Nc3cc(Cl)ccc3F)c3c(C)noc3n2)c(C)o1. The third kappa shape index (κ3) is 3.14. The van der Waals surface area contributed by atoms with Gasteiger partial charge >= 0.3 is 0 Å². The zero-order chi connectivity index (χ0) is 20.0. The Balaban J connectivity index is 1.85. The first kappa shape index (κ1) is 18.2. The van der Waals surface area contributed by atoms with Crippen molar-refractivity contribution in [1.29, 1.82) is 0 Å². The number of hydrogen-bond acceptors (Lipinski definition) is 5. The van der Waals surface area contributed by atoms with E-state index in [0.29, 0.717) is 27.6 Å². The number of fused-ring (bicyclic) bond motifs is 1. The van der Waals surface area contributed by atoms with Crippen molar-refractivity contribution < 1.29 is 18.1 Å². The fraction of sp³-hybridized carbons (Fsp3) is 0.150. The fourth-order valence-corrected chi connectivity index (χ4v) is 3.25. The van der Waals surface area contributed by atoms with Gasteiger partial charge in [0.05, 0.1) is 28.0 Å². The first-order chi connectivity index (χ1) is 13.3. The van der Waals surface area contributed by atoms with Gasteiger partial charge in [-0.2, -0.15) is 0 Å². The Morgan fingerprint density at radius 1 is 1.18 bits per heavy atom. The van der Waals surface area contributed by atoms with Gasteiger partial charge in [0.1, 0.15) is 17.3 Å². The molecule has 0 radical (unpaired) electrons. The molecule has 0 aliphatic heterocycles. The molecule has 4 rings (SSSR count). The van der Waals surface area contributed by atoms with Crippen LogP contribution in [-0.2, 0) is 0 Å². The molecule has 1 N–H and O–H groups in total. The van der Waals surface area contributed by atoms with E-state index in [-0.39, 0.29) is 17.0 Å². The zero-order valence-corrected chi connectivity index (χ0v) is 16.0. The second kappa shape index (κ2) is 6.76. The number of carbonyl (C=O) groups is 1. The Morgan fingerprint density at radius 2 is 1.96 bits per heavy atom. The number of benzene rings is 1. The maximum absolute atomic E-state index is 14.0. The predicted molar refractivity (Wildman–Crippen MR) is 103 cm³/mol. The molecule has 3 aromatic heterocycles. The van der Waals surface area contributed by atoms with Crippen LogP contribution < -0.4 is 5.32 Å². The van der Waals surface area contributed by atoms with Gasteiger partial charge in [-0.25, -0.2) is 9.37 Å². The molecule has 0 aliphatic rings. The average Bonchev–Trinajstić information content (AvgIpc) is 3.19. The van der Waals surface area contributed by atoms with E-state index in [2.05, 4.69) is 15.5 Å². The summed E-state index contributed by atoms with van der Waals surface area (Å²) in [6.45, 7) is 5.33. The van der Waals surface area contributed by atoms with Gasteiger partial charge in [0.2, 0.25) is 0 Å². The number of hydrogen-bond donors (Lipinski definition) is 1. The van der Waals surface area contributed by atoms with Crippen molar-refractivity contribution in [1.82, 2.24) is 10.1 Å². The van der Waals surface area contributed by atoms with Crippen molar-refractivity contribution in [2.45, 2.75) is 20.8 Å². The largest absolute Gasteiger partial charge is 0.466 e. The highest BCUT2D eigenvalue weighted by Crippen LogP contribution is 2.31. The van der Waals surface area contributed by atoms with Crippen LogP contribution in [0.25, 0.3) is 22.4 Å². The number of nitrogens with one attached hydrogen (secondary N) is 1. The number of nitrogens with zero attached hydrogens (tertiary/aromatic N) is 2. The van der Waals surface area contributed by atoms with E-state index in [1.807, 2.05) is 13.0 Å². The van der Waals surface area contributed by atoms with Crippen LogP contribution in [0, 0.1) is 26.6 Å². The van der Waals surface area contributed by atoms with Crippen LogP contribution in [0.2, 0.25) is 5.02 Å².